The standard InChI is InChI=1S/C14H21NOS/c1-4-15-14-12-9-11(16-3)7-6-10(12)8-13(14)17-5-2/h6-7,9,13-15H,4-5,8H2,1-3H3. The highest BCUT2D eigenvalue weighted by molar-refractivity contribution is 7.99. The predicted octanol–water partition coefficient (Wildman–Crippen LogP) is 3.02. The zero-order valence-electron chi connectivity index (χ0n) is 10.8. The number of nitrogens with one attached hydrogen (secondary N) is 1. The minimum Gasteiger partial charge on any atom is -0.497 e. The smallest absolute Gasteiger partial charge is 0.119 e. The molecule has 1 aliphatic rings. The van der Waals surface area contributed by atoms with Gasteiger partial charge in [0.05, 0.1) is 7.11 Å². The molecule has 0 saturated carbocycles. The van der Waals surface area contributed by atoms with E-state index in [1.54, 1.807) is 7.11 Å². The van der Waals surface area contributed by atoms with Gasteiger partial charge in [0.15, 0.2) is 0 Å². The average molecular weight is 251 g/mol. The van der Waals surface area contributed by atoms with Gasteiger partial charge in [-0.15, -0.1) is 0 Å². The van der Waals surface area contributed by atoms with E-state index in [-0.39, 0.29) is 0 Å². The van der Waals surface area contributed by atoms with Crippen LogP contribution in [0.1, 0.15) is 31.0 Å². The first-order chi connectivity index (χ1) is 8.30. The summed E-state index contributed by atoms with van der Waals surface area (Å²) in [5.74, 6) is 2.14. The summed E-state index contributed by atoms with van der Waals surface area (Å²) in [6.45, 7) is 5.42. The number of fused-ring (bicyclic) bond motifs is 1. The van der Waals surface area contributed by atoms with Gasteiger partial charge in [-0.2, -0.15) is 11.8 Å². The zero-order valence-corrected chi connectivity index (χ0v) is 11.6. The summed E-state index contributed by atoms with van der Waals surface area (Å²) in [5, 5.41) is 4.28. The van der Waals surface area contributed by atoms with Gasteiger partial charge < -0.3 is 10.1 Å². The fourth-order valence-electron chi connectivity index (χ4n) is 2.54. The number of hydrogen-bond acceptors (Lipinski definition) is 3. The number of ether oxygens (including phenoxy) is 1. The minimum atomic E-state index is 0.482. The summed E-state index contributed by atoms with van der Waals surface area (Å²) in [6, 6.07) is 6.96. The van der Waals surface area contributed by atoms with Crippen molar-refractivity contribution in [2.24, 2.45) is 0 Å². The van der Waals surface area contributed by atoms with Crippen LogP contribution in [-0.2, 0) is 6.42 Å². The van der Waals surface area contributed by atoms with Gasteiger partial charge in [-0.25, -0.2) is 0 Å². The van der Waals surface area contributed by atoms with E-state index < -0.39 is 0 Å². The molecule has 0 heterocycles. The Morgan fingerprint density at radius 3 is 2.88 bits per heavy atom. The minimum absolute atomic E-state index is 0.482. The quantitative estimate of drug-likeness (QED) is 0.869. The lowest BCUT2D eigenvalue weighted by atomic mass is 10.1. The molecule has 0 spiro atoms. The molecule has 17 heavy (non-hydrogen) atoms. The van der Waals surface area contributed by atoms with Gasteiger partial charge in [0, 0.05) is 11.3 Å². The Labute approximate surface area is 108 Å². The third-order valence-electron chi connectivity index (χ3n) is 3.29. The lowest BCUT2D eigenvalue weighted by Crippen LogP contribution is -2.26. The van der Waals surface area contributed by atoms with Crippen molar-refractivity contribution in [3.8, 4) is 5.75 Å². The largest absolute Gasteiger partial charge is 0.497 e. The maximum Gasteiger partial charge on any atom is 0.119 e. The highest BCUT2D eigenvalue weighted by Gasteiger charge is 2.31. The van der Waals surface area contributed by atoms with Crippen LogP contribution in [0, 0.1) is 0 Å². The molecule has 2 unspecified atom stereocenters. The van der Waals surface area contributed by atoms with Crippen molar-refractivity contribution >= 4 is 11.8 Å². The molecule has 0 aliphatic heterocycles. The topological polar surface area (TPSA) is 21.3 Å². The predicted molar refractivity (Wildman–Crippen MR) is 75.0 cm³/mol. The van der Waals surface area contributed by atoms with Crippen LogP contribution in [0.2, 0.25) is 0 Å². The molecule has 1 aliphatic carbocycles. The molecular formula is C14H21NOS. The molecule has 0 aromatic heterocycles. The molecule has 1 N–H and O–H groups in total. The summed E-state index contributed by atoms with van der Waals surface area (Å²) in [7, 11) is 1.73. The van der Waals surface area contributed by atoms with Crippen molar-refractivity contribution in [2.75, 3.05) is 19.4 Å². The molecule has 94 valence electrons. The first-order valence-corrected chi connectivity index (χ1v) is 7.36. The van der Waals surface area contributed by atoms with E-state index in [9.17, 15) is 0 Å². The Balaban J connectivity index is 2.27. The van der Waals surface area contributed by atoms with E-state index in [0.717, 1.165) is 12.3 Å². The monoisotopic (exact) mass is 251 g/mol. The van der Waals surface area contributed by atoms with Crippen molar-refractivity contribution in [2.45, 2.75) is 31.6 Å². The van der Waals surface area contributed by atoms with Crippen LogP contribution in [0.15, 0.2) is 18.2 Å². The van der Waals surface area contributed by atoms with E-state index in [0.29, 0.717) is 11.3 Å². The molecule has 2 atom stereocenters. The lowest BCUT2D eigenvalue weighted by Gasteiger charge is -2.20. The Hall–Kier alpha value is -0.670. The second kappa shape index (κ2) is 5.78. The number of methoxy groups -OCH3 is 1. The molecule has 1 aromatic rings. The number of rotatable bonds is 5. The molecule has 3 heteroatoms. The zero-order chi connectivity index (χ0) is 12.3. The maximum atomic E-state index is 5.33. The van der Waals surface area contributed by atoms with Crippen LogP contribution in [0.25, 0.3) is 0 Å². The van der Waals surface area contributed by atoms with Gasteiger partial charge >= 0.3 is 0 Å². The Kier molecular flexibility index (Phi) is 4.35. The van der Waals surface area contributed by atoms with Gasteiger partial charge in [0.25, 0.3) is 0 Å². The normalized spacial score (nSPS) is 22.5. The molecule has 0 saturated heterocycles. The van der Waals surface area contributed by atoms with Crippen molar-refractivity contribution in [3.63, 3.8) is 0 Å². The van der Waals surface area contributed by atoms with E-state index >= 15 is 0 Å². The highest BCUT2D eigenvalue weighted by Crippen LogP contribution is 2.39. The van der Waals surface area contributed by atoms with E-state index in [1.165, 1.54) is 23.3 Å². The molecule has 0 bridgehead atoms. The molecule has 0 fully saturated rings. The maximum absolute atomic E-state index is 5.33. The number of benzene rings is 1. The highest BCUT2D eigenvalue weighted by atomic mass is 32.2. The molecule has 2 nitrogen and oxygen atoms in total. The Bertz CT molecular complexity index is 380. The Morgan fingerprint density at radius 1 is 1.41 bits per heavy atom. The lowest BCUT2D eigenvalue weighted by molar-refractivity contribution is 0.413. The van der Waals surface area contributed by atoms with Crippen molar-refractivity contribution in [3.05, 3.63) is 29.3 Å². The van der Waals surface area contributed by atoms with Gasteiger partial charge in [-0.3, -0.25) is 0 Å². The van der Waals surface area contributed by atoms with Crippen LogP contribution in [0.4, 0.5) is 0 Å². The fourth-order valence-corrected chi connectivity index (χ4v) is 3.70. The van der Waals surface area contributed by atoms with Crippen LogP contribution >= 0.6 is 11.8 Å². The molecular weight excluding hydrogens is 230 g/mol. The van der Waals surface area contributed by atoms with Crippen molar-refractivity contribution in [1.29, 1.82) is 0 Å². The number of thioether (sulfide) groups is 1. The van der Waals surface area contributed by atoms with E-state index in [2.05, 4.69) is 49.1 Å². The van der Waals surface area contributed by atoms with Gasteiger partial charge in [-0.1, -0.05) is 19.9 Å². The van der Waals surface area contributed by atoms with E-state index in [1.807, 2.05) is 0 Å². The van der Waals surface area contributed by atoms with Crippen molar-refractivity contribution < 1.29 is 4.74 Å². The van der Waals surface area contributed by atoms with E-state index in [4.69, 9.17) is 4.74 Å². The summed E-state index contributed by atoms with van der Waals surface area (Å²) in [6.07, 6.45) is 1.18. The van der Waals surface area contributed by atoms with Crippen LogP contribution < -0.4 is 10.1 Å². The first kappa shape index (κ1) is 12.8. The molecule has 2 rings (SSSR count). The third-order valence-corrected chi connectivity index (χ3v) is 4.49. The Morgan fingerprint density at radius 2 is 2.24 bits per heavy atom. The average Bonchev–Trinajstić information content (AvgIpc) is 2.68. The fraction of sp³-hybridized carbons (Fsp3) is 0.571. The summed E-state index contributed by atoms with van der Waals surface area (Å²) in [4.78, 5) is 0. The van der Waals surface area contributed by atoms with Crippen LogP contribution in [0.3, 0.4) is 0 Å². The first-order valence-electron chi connectivity index (χ1n) is 6.32. The van der Waals surface area contributed by atoms with Crippen molar-refractivity contribution in [1.82, 2.24) is 5.32 Å². The summed E-state index contributed by atoms with van der Waals surface area (Å²) in [5.41, 5.74) is 2.90. The van der Waals surface area contributed by atoms with Gasteiger partial charge in [0.1, 0.15) is 5.75 Å². The van der Waals surface area contributed by atoms with Gasteiger partial charge in [0.2, 0.25) is 0 Å². The second-order valence-corrected chi connectivity index (χ2v) is 5.81. The SMILES string of the molecule is CCNC1c2cc(OC)ccc2CC1SCC. The number of hydrogen-bond donors (Lipinski definition) is 1. The summed E-state index contributed by atoms with van der Waals surface area (Å²) < 4.78 is 5.33. The molecule has 0 amide bonds. The second-order valence-electron chi connectivity index (χ2n) is 4.30. The third kappa shape index (κ3) is 2.61. The molecule has 1 aromatic carbocycles. The summed E-state index contributed by atoms with van der Waals surface area (Å²) >= 11 is 2.05. The van der Waals surface area contributed by atoms with Crippen LogP contribution in [0.5, 0.6) is 5.75 Å². The van der Waals surface area contributed by atoms with Crippen LogP contribution in [-0.4, -0.2) is 24.7 Å². The van der Waals surface area contributed by atoms with Gasteiger partial charge in [-0.05, 0) is 42.0 Å². The molecule has 0 radical (unpaired) electrons.